The van der Waals surface area contributed by atoms with Crippen molar-refractivity contribution in [2.75, 3.05) is 11.9 Å². The summed E-state index contributed by atoms with van der Waals surface area (Å²) in [6.45, 7) is 2.82. The Balaban J connectivity index is 2.83. The molecule has 0 aliphatic heterocycles. The lowest BCUT2D eigenvalue weighted by Gasteiger charge is -2.05. The lowest BCUT2D eigenvalue weighted by molar-refractivity contribution is -0.107. The Morgan fingerprint density at radius 3 is 3.17 bits per heavy atom. The van der Waals surface area contributed by atoms with Gasteiger partial charge in [0.15, 0.2) is 0 Å². The summed E-state index contributed by atoms with van der Waals surface area (Å²) in [6.07, 6.45) is 3.03. The summed E-state index contributed by atoms with van der Waals surface area (Å²) in [4.78, 5) is 14.4. The van der Waals surface area contributed by atoms with Crippen LogP contribution in [0, 0.1) is 0 Å². The number of nitrogens with zero attached hydrogens (tertiary/aromatic N) is 1. The van der Waals surface area contributed by atoms with Gasteiger partial charge in [-0.05, 0) is 13.0 Å². The van der Waals surface area contributed by atoms with E-state index in [1.165, 1.54) is 0 Å². The molecule has 0 aliphatic carbocycles. The molecule has 64 valence electrons. The number of aldehydes is 1. The van der Waals surface area contributed by atoms with Crippen molar-refractivity contribution in [3.05, 3.63) is 23.9 Å². The van der Waals surface area contributed by atoms with Crippen molar-refractivity contribution in [3.8, 4) is 0 Å². The lowest BCUT2D eigenvalue weighted by Crippen LogP contribution is -2.03. The van der Waals surface area contributed by atoms with E-state index in [0.717, 1.165) is 24.2 Å². The van der Waals surface area contributed by atoms with Gasteiger partial charge < -0.3 is 10.1 Å². The molecule has 1 heterocycles. The first-order chi connectivity index (χ1) is 5.88. The molecule has 0 radical (unpaired) electrons. The Labute approximate surface area is 71.8 Å². The second-order valence-corrected chi connectivity index (χ2v) is 2.41. The number of rotatable bonds is 4. The van der Waals surface area contributed by atoms with Gasteiger partial charge >= 0.3 is 0 Å². The molecule has 1 aromatic heterocycles. The fourth-order valence-electron chi connectivity index (χ4n) is 1.02. The van der Waals surface area contributed by atoms with Crippen molar-refractivity contribution in [3.63, 3.8) is 0 Å². The Hall–Kier alpha value is -1.38. The molecule has 0 saturated heterocycles. The molecule has 1 rings (SSSR count). The minimum absolute atomic E-state index is 0.427. The molecule has 0 atom stereocenters. The molecule has 1 aromatic rings. The molecular weight excluding hydrogens is 152 g/mol. The summed E-state index contributed by atoms with van der Waals surface area (Å²) in [5.41, 5.74) is 0.953. The zero-order valence-corrected chi connectivity index (χ0v) is 7.08. The number of anilines is 1. The van der Waals surface area contributed by atoms with E-state index in [0.29, 0.717) is 6.42 Å². The lowest BCUT2D eigenvalue weighted by atomic mass is 10.2. The zero-order chi connectivity index (χ0) is 8.81. The number of aromatic nitrogens is 1. The quantitative estimate of drug-likeness (QED) is 0.681. The van der Waals surface area contributed by atoms with E-state index in [-0.39, 0.29) is 0 Å². The van der Waals surface area contributed by atoms with Crippen LogP contribution in [-0.2, 0) is 11.2 Å². The van der Waals surface area contributed by atoms with Crippen LogP contribution in [0.2, 0.25) is 0 Å². The second kappa shape index (κ2) is 4.49. The maximum Gasteiger partial charge on any atom is 0.129 e. The predicted molar refractivity (Wildman–Crippen MR) is 48.2 cm³/mol. The molecule has 0 bridgehead atoms. The van der Waals surface area contributed by atoms with Gasteiger partial charge in [-0.3, -0.25) is 0 Å². The van der Waals surface area contributed by atoms with Crippen molar-refractivity contribution in [2.24, 2.45) is 0 Å². The summed E-state index contributed by atoms with van der Waals surface area (Å²) in [5, 5.41) is 3.09. The number of carbonyl (C=O) groups excluding carboxylic acids is 1. The summed E-state index contributed by atoms with van der Waals surface area (Å²) < 4.78 is 0. The van der Waals surface area contributed by atoms with Crippen LogP contribution in [0.15, 0.2) is 18.3 Å². The first kappa shape index (κ1) is 8.71. The molecule has 0 unspecified atom stereocenters. The number of nitrogens with one attached hydrogen (secondary N) is 1. The Kier molecular flexibility index (Phi) is 3.26. The minimum atomic E-state index is 0.427. The highest BCUT2D eigenvalue weighted by Gasteiger charge is 1.99. The Bertz CT molecular complexity index is 260. The molecule has 0 aliphatic rings. The van der Waals surface area contributed by atoms with Gasteiger partial charge in [-0.2, -0.15) is 0 Å². The average molecular weight is 164 g/mol. The number of hydrogen-bond acceptors (Lipinski definition) is 3. The predicted octanol–water partition coefficient (Wildman–Crippen LogP) is 1.25. The first-order valence-electron chi connectivity index (χ1n) is 4.00. The van der Waals surface area contributed by atoms with Crippen LogP contribution in [0.25, 0.3) is 0 Å². The van der Waals surface area contributed by atoms with Crippen molar-refractivity contribution in [2.45, 2.75) is 13.3 Å². The van der Waals surface area contributed by atoms with E-state index in [9.17, 15) is 4.79 Å². The molecule has 0 saturated carbocycles. The topological polar surface area (TPSA) is 42.0 Å². The van der Waals surface area contributed by atoms with Crippen LogP contribution >= 0.6 is 0 Å². The Morgan fingerprint density at radius 1 is 1.67 bits per heavy atom. The van der Waals surface area contributed by atoms with Crippen LogP contribution in [0.5, 0.6) is 0 Å². The standard InChI is InChI=1S/C9H12N2O/c1-2-10-9-8(5-7-12)4-3-6-11-9/h3-4,6-7H,2,5H2,1H3,(H,10,11). The molecule has 0 aromatic carbocycles. The van der Waals surface area contributed by atoms with Crippen LogP contribution < -0.4 is 5.32 Å². The molecule has 3 nitrogen and oxygen atoms in total. The first-order valence-corrected chi connectivity index (χ1v) is 4.00. The van der Waals surface area contributed by atoms with Crippen molar-refractivity contribution < 1.29 is 4.79 Å². The third kappa shape index (κ3) is 2.05. The molecule has 0 fully saturated rings. The van der Waals surface area contributed by atoms with E-state index in [1.807, 2.05) is 19.1 Å². The minimum Gasteiger partial charge on any atom is -0.370 e. The van der Waals surface area contributed by atoms with Gasteiger partial charge in [0.25, 0.3) is 0 Å². The molecule has 3 heteroatoms. The smallest absolute Gasteiger partial charge is 0.129 e. The summed E-state index contributed by atoms with van der Waals surface area (Å²) in [5.74, 6) is 0.812. The van der Waals surface area contributed by atoms with Gasteiger partial charge in [-0.25, -0.2) is 4.98 Å². The second-order valence-electron chi connectivity index (χ2n) is 2.41. The third-order valence-corrected chi connectivity index (χ3v) is 1.54. The fraction of sp³-hybridized carbons (Fsp3) is 0.333. The van der Waals surface area contributed by atoms with Crippen LogP contribution in [-0.4, -0.2) is 17.8 Å². The van der Waals surface area contributed by atoms with Crippen molar-refractivity contribution in [1.29, 1.82) is 0 Å². The molecule has 1 N–H and O–H groups in total. The highest BCUT2D eigenvalue weighted by Crippen LogP contribution is 2.10. The van der Waals surface area contributed by atoms with Crippen LogP contribution in [0.4, 0.5) is 5.82 Å². The number of hydrogen-bond donors (Lipinski definition) is 1. The maximum atomic E-state index is 10.3. The maximum absolute atomic E-state index is 10.3. The fourth-order valence-corrected chi connectivity index (χ4v) is 1.02. The van der Waals surface area contributed by atoms with Gasteiger partial charge in [-0.15, -0.1) is 0 Å². The van der Waals surface area contributed by atoms with E-state index in [4.69, 9.17) is 0 Å². The van der Waals surface area contributed by atoms with Gasteiger partial charge in [0.1, 0.15) is 12.1 Å². The normalized spacial score (nSPS) is 9.42. The molecule has 12 heavy (non-hydrogen) atoms. The number of carbonyl (C=O) groups is 1. The van der Waals surface area contributed by atoms with E-state index >= 15 is 0 Å². The zero-order valence-electron chi connectivity index (χ0n) is 7.08. The highest BCUT2D eigenvalue weighted by molar-refractivity contribution is 5.60. The van der Waals surface area contributed by atoms with E-state index in [1.54, 1.807) is 6.20 Å². The van der Waals surface area contributed by atoms with E-state index in [2.05, 4.69) is 10.3 Å². The van der Waals surface area contributed by atoms with Gasteiger partial charge in [0.2, 0.25) is 0 Å². The number of pyridine rings is 1. The summed E-state index contributed by atoms with van der Waals surface area (Å²) in [7, 11) is 0. The van der Waals surface area contributed by atoms with Gasteiger partial charge in [0, 0.05) is 24.7 Å². The monoisotopic (exact) mass is 164 g/mol. The molecular formula is C9H12N2O. The summed E-state index contributed by atoms with van der Waals surface area (Å²) in [6, 6.07) is 3.74. The van der Waals surface area contributed by atoms with Crippen molar-refractivity contribution in [1.82, 2.24) is 4.98 Å². The van der Waals surface area contributed by atoms with Crippen LogP contribution in [0.3, 0.4) is 0 Å². The molecule has 0 amide bonds. The van der Waals surface area contributed by atoms with Crippen LogP contribution in [0.1, 0.15) is 12.5 Å². The van der Waals surface area contributed by atoms with E-state index < -0.39 is 0 Å². The van der Waals surface area contributed by atoms with Crippen molar-refractivity contribution >= 4 is 12.1 Å². The SMILES string of the molecule is CCNc1ncccc1CC=O. The molecule has 0 spiro atoms. The third-order valence-electron chi connectivity index (χ3n) is 1.54. The summed E-state index contributed by atoms with van der Waals surface area (Å²) >= 11 is 0. The van der Waals surface area contributed by atoms with Gasteiger partial charge in [0.05, 0.1) is 0 Å². The van der Waals surface area contributed by atoms with Gasteiger partial charge in [-0.1, -0.05) is 6.07 Å². The Morgan fingerprint density at radius 2 is 2.50 bits per heavy atom. The average Bonchev–Trinajstić information content (AvgIpc) is 2.09. The highest BCUT2D eigenvalue weighted by atomic mass is 16.1. The largest absolute Gasteiger partial charge is 0.370 e.